The van der Waals surface area contributed by atoms with Gasteiger partial charge < -0.3 is 24.6 Å². The number of piperidine rings is 1. The Labute approximate surface area is 201 Å². The number of nitriles is 1. The van der Waals surface area contributed by atoms with Crippen LogP contribution in [0.1, 0.15) is 23.2 Å². The number of hydrogen-bond acceptors (Lipinski definition) is 9. The first-order valence-electron chi connectivity index (χ1n) is 11.3. The SMILES string of the molecule is Cn1c(=O)ccc2ncc(C#N)c(CCN3CC[C@H](NCc4cc5c(cn4)OCS5)[C@H](O)C3)c21. The number of hydrogen-bond donors (Lipinski definition) is 2. The zero-order chi connectivity index (χ0) is 23.7. The van der Waals surface area contributed by atoms with Crippen molar-refractivity contribution < 1.29 is 9.84 Å². The van der Waals surface area contributed by atoms with Crippen LogP contribution in [0, 0.1) is 11.3 Å². The summed E-state index contributed by atoms with van der Waals surface area (Å²) < 4.78 is 7.04. The molecule has 1 saturated heterocycles. The van der Waals surface area contributed by atoms with Crippen molar-refractivity contribution in [2.45, 2.75) is 36.4 Å². The van der Waals surface area contributed by atoms with Crippen LogP contribution in [-0.2, 0) is 20.0 Å². The Morgan fingerprint density at radius 3 is 3.06 bits per heavy atom. The Morgan fingerprint density at radius 2 is 2.24 bits per heavy atom. The fourth-order valence-corrected chi connectivity index (χ4v) is 5.44. The van der Waals surface area contributed by atoms with E-state index in [0.29, 0.717) is 48.6 Å². The Hall–Kier alpha value is -2.97. The fourth-order valence-electron chi connectivity index (χ4n) is 4.66. The number of ether oxygens (including phenoxy) is 1. The van der Waals surface area contributed by atoms with Crippen LogP contribution in [0.25, 0.3) is 11.0 Å². The monoisotopic (exact) mass is 478 g/mol. The molecule has 5 rings (SSSR count). The van der Waals surface area contributed by atoms with Crippen LogP contribution in [-0.4, -0.2) is 62.3 Å². The third kappa shape index (κ3) is 4.52. The van der Waals surface area contributed by atoms with E-state index in [9.17, 15) is 15.2 Å². The van der Waals surface area contributed by atoms with E-state index in [0.717, 1.165) is 34.9 Å². The van der Waals surface area contributed by atoms with E-state index in [1.807, 2.05) is 6.07 Å². The maximum atomic E-state index is 12.2. The van der Waals surface area contributed by atoms with Crippen LogP contribution in [0.3, 0.4) is 0 Å². The van der Waals surface area contributed by atoms with Crippen molar-refractivity contribution >= 4 is 22.8 Å². The highest BCUT2D eigenvalue weighted by atomic mass is 32.2. The summed E-state index contributed by atoms with van der Waals surface area (Å²) in [6.45, 7) is 2.66. The zero-order valence-corrected chi connectivity index (χ0v) is 19.7. The van der Waals surface area contributed by atoms with Gasteiger partial charge in [0, 0.05) is 45.0 Å². The van der Waals surface area contributed by atoms with Crippen LogP contribution in [0.4, 0.5) is 0 Å². The fraction of sp³-hybridized carbons (Fsp3) is 0.417. The smallest absolute Gasteiger partial charge is 0.250 e. The minimum atomic E-state index is -0.505. The van der Waals surface area contributed by atoms with E-state index in [1.54, 1.807) is 41.8 Å². The molecule has 176 valence electrons. The third-order valence-electron chi connectivity index (χ3n) is 6.56. The molecule has 0 aliphatic carbocycles. The van der Waals surface area contributed by atoms with E-state index in [2.05, 4.69) is 26.3 Å². The van der Waals surface area contributed by atoms with Crippen molar-refractivity contribution in [3.63, 3.8) is 0 Å². The number of aliphatic hydroxyl groups is 1. The maximum absolute atomic E-state index is 12.2. The molecule has 0 amide bonds. The Kier molecular flexibility index (Phi) is 6.52. The molecule has 5 heterocycles. The van der Waals surface area contributed by atoms with Crippen molar-refractivity contribution in [1.29, 1.82) is 5.26 Å². The summed E-state index contributed by atoms with van der Waals surface area (Å²) in [5.74, 6) is 1.47. The molecule has 2 aliphatic rings. The zero-order valence-electron chi connectivity index (χ0n) is 18.9. The molecule has 9 nitrogen and oxygen atoms in total. The van der Waals surface area contributed by atoms with Gasteiger partial charge in [0.2, 0.25) is 0 Å². The van der Waals surface area contributed by atoms with Gasteiger partial charge in [-0.3, -0.25) is 14.8 Å². The molecule has 2 N–H and O–H groups in total. The topological polar surface area (TPSA) is 116 Å². The van der Waals surface area contributed by atoms with Crippen molar-refractivity contribution in [2.24, 2.45) is 7.05 Å². The molecule has 0 saturated carbocycles. The van der Waals surface area contributed by atoms with Gasteiger partial charge in [0.1, 0.15) is 12.0 Å². The van der Waals surface area contributed by atoms with Crippen molar-refractivity contribution in [2.75, 3.05) is 25.6 Å². The normalized spacial score (nSPS) is 20.1. The second-order valence-corrected chi connectivity index (χ2v) is 9.61. The first-order chi connectivity index (χ1) is 16.5. The van der Waals surface area contributed by atoms with Gasteiger partial charge in [-0.1, -0.05) is 11.8 Å². The van der Waals surface area contributed by atoms with E-state index in [1.165, 1.54) is 6.07 Å². The van der Waals surface area contributed by atoms with Crippen LogP contribution >= 0.6 is 11.8 Å². The Morgan fingerprint density at radius 1 is 1.35 bits per heavy atom. The summed E-state index contributed by atoms with van der Waals surface area (Å²) in [5, 5.41) is 23.8. The summed E-state index contributed by atoms with van der Waals surface area (Å²) in [4.78, 5) is 24.3. The predicted octanol–water partition coefficient (Wildman–Crippen LogP) is 1.41. The molecule has 0 radical (unpaired) electrons. The number of β-amino-alcohol motifs (C(OH)–C–C–N with tert-alkyl or cyclic N) is 1. The van der Waals surface area contributed by atoms with Crippen LogP contribution in [0.15, 0.2) is 40.3 Å². The molecule has 0 bridgehead atoms. The Balaban J connectivity index is 1.21. The standard InChI is InChI=1S/C24H26N6O3S/c1-29-23(32)3-2-19-24(29)17(15(9-25)10-27-19)4-6-30-7-5-18(20(31)13-30)28-11-16-8-22-21(12-26-16)33-14-34-22/h2-3,8,10,12,18,20,28,31H,4-7,11,13-14H2,1H3/t18-,20+/m0/s1. The van der Waals surface area contributed by atoms with Gasteiger partial charge in [0.25, 0.3) is 5.56 Å². The molecule has 1 fully saturated rings. The number of thioether (sulfide) groups is 1. The molecule has 0 aromatic carbocycles. The number of aliphatic hydroxyl groups excluding tert-OH is 1. The number of rotatable bonds is 6. The largest absolute Gasteiger partial charge is 0.480 e. The van der Waals surface area contributed by atoms with Gasteiger partial charge in [-0.15, -0.1) is 0 Å². The molecule has 34 heavy (non-hydrogen) atoms. The molecular formula is C24H26N6O3S. The van der Waals surface area contributed by atoms with Crippen LogP contribution < -0.4 is 15.6 Å². The second kappa shape index (κ2) is 9.72. The lowest BCUT2D eigenvalue weighted by Gasteiger charge is -2.36. The quantitative estimate of drug-likeness (QED) is 0.542. The first-order valence-corrected chi connectivity index (χ1v) is 12.3. The van der Waals surface area contributed by atoms with Crippen LogP contribution in [0.5, 0.6) is 5.75 Å². The van der Waals surface area contributed by atoms with E-state index < -0.39 is 6.10 Å². The number of nitrogens with zero attached hydrogens (tertiary/aromatic N) is 5. The van der Waals surface area contributed by atoms with E-state index >= 15 is 0 Å². The summed E-state index contributed by atoms with van der Waals surface area (Å²) in [6.07, 6.45) is 4.24. The molecule has 0 unspecified atom stereocenters. The summed E-state index contributed by atoms with van der Waals surface area (Å²) in [7, 11) is 1.71. The lowest BCUT2D eigenvalue weighted by atomic mass is 10.00. The van der Waals surface area contributed by atoms with Crippen molar-refractivity contribution in [3.05, 3.63) is 57.8 Å². The number of nitrogens with one attached hydrogen (secondary N) is 1. The number of likely N-dealkylation sites (tertiary alicyclic amines) is 1. The minimum Gasteiger partial charge on any atom is -0.480 e. The third-order valence-corrected chi connectivity index (χ3v) is 7.43. The second-order valence-electron chi connectivity index (χ2n) is 8.65. The highest BCUT2D eigenvalue weighted by molar-refractivity contribution is 7.99. The van der Waals surface area contributed by atoms with Gasteiger partial charge in [-0.05, 0) is 37.1 Å². The highest BCUT2D eigenvalue weighted by Crippen LogP contribution is 2.35. The molecule has 2 atom stereocenters. The molecule has 3 aromatic rings. The summed E-state index contributed by atoms with van der Waals surface area (Å²) >= 11 is 1.66. The predicted molar refractivity (Wildman–Crippen MR) is 129 cm³/mol. The van der Waals surface area contributed by atoms with Gasteiger partial charge in [-0.25, -0.2) is 0 Å². The highest BCUT2D eigenvalue weighted by Gasteiger charge is 2.28. The minimum absolute atomic E-state index is 0.00699. The van der Waals surface area contributed by atoms with Gasteiger partial charge in [0.05, 0.1) is 39.5 Å². The average molecular weight is 479 g/mol. The molecular weight excluding hydrogens is 452 g/mol. The number of aryl methyl sites for hydroxylation is 1. The summed E-state index contributed by atoms with van der Waals surface area (Å²) in [6, 6.07) is 7.44. The molecule has 2 aliphatic heterocycles. The molecule has 0 spiro atoms. The van der Waals surface area contributed by atoms with Crippen LogP contribution in [0.2, 0.25) is 0 Å². The molecule has 10 heteroatoms. The van der Waals surface area contributed by atoms with E-state index in [-0.39, 0.29) is 11.6 Å². The van der Waals surface area contributed by atoms with Gasteiger partial charge in [-0.2, -0.15) is 5.26 Å². The number of fused-ring (bicyclic) bond motifs is 2. The number of pyridine rings is 3. The van der Waals surface area contributed by atoms with Gasteiger partial charge >= 0.3 is 0 Å². The maximum Gasteiger partial charge on any atom is 0.250 e. The lowest BCUT2D eigenvalue weighted by Crippen LogP contribution is -2.52. The van der Waals surface area contributed by atoms with Gasteiger partial charge in [0.15, 0.2) is 5.75 Å². The average Bonchev–Trinajstić information content (AvgIpc) is 3.32. The first kappa shape index (κ1) is 22.8. The van der Waals surface area contributed by atoms with Crippen molar-refractivity contribution in [3.8, 4) is 11.8 Å². The van der Waals surface area contributed by atoms with E-state index in [4.69, 9.17) is 4.74 Å². The molecule has 3 aromatic heterocycles. The Bertz CT molecular complexity index is 1320. The number of aromatic nitrogens is 3. The summed E-state index contributed by atoms with van der Waals surface area (Å²) in [5.41, 5.74) is 3.52. The van der Waals surface area contributed by atoms with Crippen molar-refractivity contribution in [1.82, 2.24) is 24.8 Å². The lowest BCUT2D eigenvalue weighted by molar-refractivity contribution is 0.0403.